The standard InChI is InChI=1S/C12H12N2O4S/c1-2-17-10-6-8(9-4-3-5-18-9)13-12(14-10)19-7-11(15)16/h3-6H,2,7H2,1H3,(H,15,16). The Hall–Kier alpha value is -2.02. The van der Waals surface area contributed by atoms with E-state index in [0.717, 1.165) is 11.8 Å². The molecule has 19 heavy (non-hydrogen) atoms. The van der Waals surface area contributed by atoms with E-state index < -0.39 is 5.97 Å². The van der Waals surface area contributed by atoms with Gasteiger partial charge in [-0.2, -0.15) is 4.98 Å². The van der Waals surface area contributed by atoms with Gasteiger partial charge in [-0.3, -0.25) is 4.79 Å². The number of carboxylic acids is 1. The summed E-state index contributed by atoms with van der Waals surface area (Å²) in [5, 5.41) is 9.02. The molecule has 0 aromatic carbocycles. The van der Waals surface area contributed by atoms with E-state index in [9.17, 15) is 4.79 Å². The topological polar surface area (TPSA) is 85.5 Å². The summed E-state index contributed by atoms with van der Waals surface area (Å²) in [6, 6.07) is 5.18. The molecule has 0 fully saturated rings. The number of nitrogens with zero attached hydrogens (tertiary/aromatic N) is 2. The van der Waals surface area contributed by atoms with Crippen LogP contribution in [0.15, 0.2) is 34.0 Å². The van der Waals surface area contributed by atoms with Crippen LogP contribution < -0.4 is 4.74 Å². The second-order valence-corrected chi connectivity index (χ2v) is 4.41. The summed E-state index contributed by atoms with van der Waals surface area (Å²) in [7, 11) is 0. The maximum Gasteiger partial charge on any atom is 0.313 e. The molecular weight excluding hydrogens is 268 g/mol. The van der Waals surface area contributed by atoms with E-state index in [1.165, 1.54) is 0 Å². The lowest BCUT2D eigenvalue weighted by atomic mass is 10.3. The number of aromatic nitrogens is 2. The Kier molecular flexibility index (Phi) is 4.40. The number of hydrogen-bond acceptors (Lipinski definition) is 6. The quantitative estimate of drug-likeness (QED) is 0.641. The minimum atomic E-state index is -0.921. The van der Waals surface area contributed by atoms with Crippen LogP contribution in [0, 0.1) is 0 Å². The molecule has 0 aliphatic rings. The molecule has 100 valence electrons. The summed E-state index contributed by atoms with van der Waals surface area (Å²) < 4.78 is 10.6. The normalized spacial score (nSPS) is 10.4. The van der Waals surface area contributed by atoms with E-state index in [4.69, 9.17) is 14.3 Å². The Morgan fingerprint density at radius 1 is 1.53 bits per heavy atom. The van der Waals surface area contributed by atoms with E-state index in [1.807, 2.05) is 6.92 Å². The van der Waals surface area contributed by atoms with Crippen LogP contribution in [-0.2, 0) is 4.79 Å². The van der Waals surface area contributed by atoms with Crippen LogP contribution in [-0.4, -0.2) is 33.4 Å². The third-order valence-electron chi connectivity index (χ3n) is 2.07. The molecule has 0 unspecified atom stereocenters. The van der Waals surface area contributed by atoms with Gasteiger partial charge in [0.2, 0.25) is 5.88 Å². The first-order valence-corrected chi connectivity index (χ1v) is 6.58. The predicted octanol–water partition coefficient (Wildman–Crippen LogP) is 2.31. The molecule has 2 heterocycles. The molecule has 0 radical (unpaired) electrons. The SMILES string of the molecule is CCOc1cc(-c2ccco2)nc(SCC(=O)O)n1. The van der Waals surface area contributed by atoms with Crippen molar-refractivity contribution in [2.24, 2.45) is 0 Å². The van der Waals surface area contributed by atoms with Crippen molar-refractivity contribution in [2.75, 3.05) is 12.4 Å². The third kappa shape index (κ3) is 3.72. The Morgan fingerprint density at radius 3 is 3.00 bits per heavy atom. The number of carboxylic acid groups (broad SMARTS) is 1. The molecule has 2 aromatic rings. The van der Waals surface area contributed by atoms with Gasteiger partial charge in [-0.15, -0.1) is 0 Å². The van der Waals surface area contributed by atoms with Gasteiger partial charge < -0.3 is 14.3 Å². The van der Waals surface area contributed by atoms with Gasteiger partial charge in [0.25, 0.3) is 0 Å². The van der Waals surface area contributed by atoms with Crippen molar-refractivity contribution in [2.45, 2.75) is 12.1 Å². The highest BCUT2D eigenvalue weighted by molar-refractivity contribution is 7.99. The second kappa shape index (κ2) is 6.24. The van der Waals surface area contributed by atoms with Gasteiger partial charge in [0.15, 0.2) is 10.9 Å². The molecule has 0 atom stereocenters. The summed E-state index contributed by atoms with van der Waals surface area (Å²) in [6.07, 6.45) is 1.54. The number of carbonyl (C=O) groups is 1. The van der Waals surface area contributed by atoms with Gasteiger partial charge in [0.1, 0.15) is 5.69 Å². The zero-order valence-corrected chi connectivity index (χ0v) is 11.0. The summed E-state index contributed by atoms with van der Waals surface area (Å²) >= 11 is 1.04. The van der Waals surface area contributed by atoms with Crippen LogP contribution in [0.1, 0.15) is 6.92 Å². The van der Waals surface area contributed by atoms with Gasteiger partial charge in [0.05, 0.1) is 18.6 Å². The average Bonchev–Trinajstić information content (AvgIpc) is 2.90. The van der Waals surface area contributed by atoms with Gasteiger partial charge in [0, 0.05) is 6.07 Å². The van der Waals surface area contributed by atoms with Gasteiger partial charge in [-0.25, -0.2) is 4.98 Å². The Balaban J connectivity index is 2.29. The zero-order valence-electron chi connectivity index (χ0n) is 10.2. The van der Waals surface area contributed by atoms with Crippen LogP contribution >= 0.6 is 11.8 Å². The largest absolute Gasteiger partial charge is 0.481 e. The van der Waals surface area contributed by atoms with Crippen LogP contribution in [0.2, 0.25) is 0 Å². The molecule has 1 N–H and O–H groups in total. The smallest absolute Gasteiger partial charge is 0.313 e. The fraction of sp³-hybridized carbons (Fsp3) is 0.250. The monoisotopic (exact) mass is 280 g/mol. The molecule has 6 nitrogen and oxygen atoms in total. The van der Waals surface area contributed by atoms with Gasteiger partial charge in [-0.1, -0.05) is 11.8 Å². The summed E-state index contributed by atoms with van der Waals surface area (Å²) in [5.74, 6) is -0.0417. The molecule has 0 aliphatic carbocycles. The van der Waals surface area contributed by atoms with Crippen LogP contribution in [0.5, 0.6) is 5.88 Å². The first kappa shape index (κ1) is 13.4. The minimum Gasteiger partial charge on any atom is -0.481 e. The number of rotatable bonds is 6. The molecule has 0 amide bonds. The minimum absolute atomic E-state index is 0.104. The molecule has 2 rings (SSSR count). The first-order valence-electron chi connectivity index (χ1n) is 5.59. The maximum absolute atomic E-state index is 10.6. The van der Waals surface area contributed by atoms with E-state index in [-0.39, 0.29) is 5.75 Å². The van der Waals surface area contributed by atoms with Crippen molar-refractivity contribution in [3.8, 4) is 17.3 Å². The summed E-state index contributed by atoms with van der Waals surface area (Å²) in [5.41, 5.74) is 0.566. The highest BCUT2D eigenvalue weighted by Gasteiger charge is 2.11. The summed E-state index contributed by atoms with van der Waals surface area (Å²) in [4.78, 5) is 18.9. The lowest BCUT2D eigenvalue weighted by Crippen LogP contribution is -2.02. The number of thioether (sulfide) groups is 1. The molecule has 2 aromatic heterocycles. The highest BCUT2D eigenvalue weighted by atomic mass is 32.2. The zero-order chi connectivity index (χ0) is 13.7. The van der Waals surface area contributed by atoms with Crippen molar-refractivity contribution in [3.05, 3.63) is 24.5 Å². The van der Waals surface area contributed by atoms with Crippen molar-refractivity contribution >= 4 is 17.7 Å². The molecule has 0 saturated heterocycles. The van der Waals surface area contributed by atoms with E-state index in [1.54, 1.807) is 24.5 Å². The van der Waals surface area contributed by atoms with Crippen molar-refractivity contribution in [3.63, 3.8) is 0 Å². The Morgan fingerprint density at radius 2 is 2.37 bits per heavy atom. The van der Waals surface area contributed by atoms with Crippen LogP contribution in [0.4, 0.5) is 0 Å². The van der Waals surface area contributed by atoms with Crippen LogP contribution in [0.3, 0.4) is 0 Å². The maximum atomic E-state index is 10.6. The van der Waals surface area contributed by atoms with Crippen LogP contribution in [0.25, 0.3) is 11.5 Å². The van der Waals surface area contributed by atoms with Gasteiger partial charge >= 0.3 is 5.97 Å². The number of hydrogen-bond donors (Lipinski definition) is 1. The van der Waals surface area contributed by atoms with E-state index in [0.29, 0.717) is 29.1 Å². The number of furan rings is 1. The third-order valence-corrected chi connectivity index (χ3v) is 2.90. The average molecular weight is 280 g/mol. The molecule has 0 aliphatic heterocycles. The fourth-order valence-corrected chi connectivity index (χ4v) is 1.94. The molecule has 0 spiro atoms. The Bertz CT molecular complexity index is 557. The second-order valence-electron chi connectivity index (χ2n) is 3.47. The van der Waals surface area contributed by atoms with E-state index in [2.05, 4.69) is 9.97 Å². The molecular formula is C12H12N2O4S. The summed E-state index contributed by atoms with van der Waals surface area (Å²) in [6.45, 7) is 2.32. The van der Waals surface area contributed by atoms with Gasteiger partial charge in [-0.05, 0) is 19.1 Å². The van der Waals surface area contributed by atoms with E-state index >= 15 is 0 Å². The number of ether oxygens (including phenoxy) is 1. The lowest BCUT2D eigenvalue weighted by Gasteiger charge is -2.06. The fourth-order valence-electron chi connectivity index (χ4n) is 1.37. The molecule has 7 heteroatoms. The molecule has 0 saturated carbocycles. The first-order chi connectivity index (χ1) is 9.19. The van der Waals surface area contributed by atoms with Crippen molar-refractivity contribution in [1.29, 1.82) is 0 Å². The number of aliphatic carboxylic acids is 1. The highest BCUT2D eigenvalue weighted by Crippen LogP contribution is 2.25. The van der Waals surface area contributed by atoms with Crippen molar-refractivity contribution in [1.82, 2.24) is 9.97 Å². The Labute approximate surface area is 113 Å². The molecule has 0 bridgehead atoms. The van der Waals surface area contributed by atoms with Crippen molar-refractivity contribution < 1.29 is 19.1 Å². The lowest BCUT2D eigenvalue weighted by molar-refractivity contribution is -0.133. The predicted molar refractivity (Wildman–Crippen MR) is 69.3 cm³/mol.